The number of rotatable bonds is 8. The lowest BCUT2D eigenvalue weighted by Gasteiger charge is -2.10. The predicted molar refractivity (Wildman–Crippen MR) is 132 cm³/mol. The molecule has 0 bridgehead atoms. The zero-order valence-corrected chi connectivity index (χ0v) is 19.5. The Balaban J connectivity index is 1.49. The lowest BCUT2D eigenvalue weighted by molar-refractivity contribution is -0.116. The van der Waals surface area contributed by atoms with Crippen molar-refractivity contribution in [2.24, 2.45) is 0 Å². The summed E-state index contributed by atoms with van der Waals surface area (Å²) in [6, 6.07) is 18.1. The van der Waals surface area contributed by atoms with Gasteiger partial charge in [-0.25, -0.2) is 9.59 Å². The van der Waals surface area contributed by atoms with Crippen LogP contribution in [0, 0.1) is 0 Å². The van der Waals surface area contributed by atoms with Gasteiger partial charge in [-0.1, -0.05) is 24.3 Å². The molecule has 35 heavy (non-hydrogen) atoms. The number of para-hydroxylation sites is 1. The molecule has 4 rings (SSSR count). The minimum absolute atomic E-state index is 0.143. The van der Waals surface area contributed by atoms with Crippen LogP contribution in [0.3, 0.4) is 0 Å². The third kappa shape index (κ3) is 5.38. The molecule has 2 aromatic carbocycles. The van der Waals surface area contributed by atoms with Gasteiger partial charge in [0.25, 0.3) is 0 Å². The van der Waals surface area contributed by atoms with E-state index >= 15 is 0 Å². The summed E-state index contributed by atoms with van der Waals surface area (Å²) in [5, 5.41) is 3.87. The number of carbonyl (C=O) groups excluding carboxylic acids is 3. The van der Waals surface area contributed by atoms with Crippen LogP contribution in [0.15, 0.2) is 66.9 Å². The Kier molecular flexibility index (Phi) is 7.21. The predicted octanol–water partition coefficient (Wildman–Crippen LogP) is 4.76. The van der Waals surface area contributed by atoms with Gasteiger partial charge in [-0.3, -0.25) is 9.78 Å². The van der Waals surface area contributed by atoms with Crippen LogP contribution < -0.4 is 5.32 Å². The first kappa shape index (κ1) is 23.7. The Morgan fingerprint density at radius 2 is 1.60 bits per heavy atom. The molecular formula is C27H25N3O5. The summed E-state index contributed by atoms with van der Waals surface area (Å²) in [6.07, 6.45) is 3.26. The van der Waals surface area contributed by atoms with Gasteiger partial charge in [0.15, 0.2) is 0 Å². The highest BCUT2D eigenvalue weighted by Crippen LogP contribution is 2.30. The van der Waals surface area contributed by atoms with Crippen molar-refractivity contribution >= 4 is 34.4 Å². The topological polar surface area (TPSA) is 110 Å². The number of anilines is 1. The number of esters is 2. The van der Waals surface area contributed by atoms with Crippen molar-refractivity contribution in [3.63, 3.8) is 0 Å². The Hall–Kier alpha value is -4.46. The number of nitrogens with one attached hydrogen (secondary N) is 2. The lowest BCUT2D eigenvalue weighted by atomic mass is 10.0. The maximum atomic E-state index is 12.7. The maximum absolute atomic E-state index is 12.7. The average Bonchev–Trinajstić information content (AvgIpc) is 3.26. The number of methoxy groups -OCH3 is 2. The average molecular weight is 472 g/mol. The molecule has 8 heteroatoms. The van der Waals surface area contributed by atoms with E-state index in [2.05, 4.69) is 21.4 Å². The molecule has 0 aliphatic rings. The summed E-state index contributed by atoms with van der Waals surface area (Å²) in [5.41, 5.74) is 4.52. The van der Waals surface area contributed by atoms with Crippen molar-refractivity contribution in [3.8, 4) is 11.4 Å². The number of H-pyrrole nitrogens is 1. The van der Waals surface area contributed by atoms with Crippen LogP contribution in [-0.2, 0) is 20.7 Å². The molecule has 0 aliphatic carbocycles. The fourth-order valence-electron chi connectivity index (χ4n) is 4.01. The molecule has 0 aliphatic heterocycles. The van der Waals surface area contributed by atoms with E-state index in [0.717, 1.165) is 27.9 Å². The summed E-state index contributed by atoms with van der Waals surface area (Å²) in [4.78, 5) is 44.6. The number of hydrogen-bond donors (Lipinski definition) is 2. The van der Waals surface area contributed by atoms with Gasteiger partial charge in [0, 0.05) is 29.2 Å². The Labute approximate surface area is 202 Å². The second-order valence-electron chi connectivity index (χ2n) is 7.92. The number of aryl methyl sites for hydroxylation is 1. The van der Waals surface area contributed by atoms with Gasteiger partial charge in [0.2, 0.25) is 5.91 Å². The molecule has 0 atom stereocenters. The standard InChI is InChI=1S/C27H25N3O5/c1-34-26(32)17-14-18(27(33)35-2)16-19(15-17)29-24(31)12-7-9-21-20-8-3-4-10-22(20)30-25(21)23-11-5-6-13-28-23/h3-6,8,10-11,13-16,30H,7,9,12H2,1-2H3,(H,29,31). The van der Waals surface area contributed by atoms with Crippen molar-refractivity contribution in [1.82, 2.24) is 9.97 Å². The number of hydrogen-bond acceptors (Lipinski definition) is 6. The van der Waals surface area contributed by atoms with E-state index in [-0.39, 0.29) is 23.5 Å². The van der Waals surface area contributed by atoms with Crippen LogP contribution in [0.4, 0.5) is 5.69 Å². The molecular weight excluding hydrogens is 446 g/mol. The smallest absolute Gasteiger partial charge is 0.337 e. The molecule has 8 nitrogen and oxygen atoms in total. The van der Waals surface area contributed by atoms with E-state index < -0.39 is 11.9 Å². The summed E-state index contributed by atoms with van der Waals surface area (Å²) in [6.45, 7) is 0. The van der Waals surface area contributed by atoms with Crippen molar-refractivity contribution in [3.05, 3.63) is 83.6 Å². The SMILES string of the molecule is COC(=O)c1cc(NC(=O)CCCc2c(-c3ccccn3)[nH]c3ccccc23)cc(C(=O)OC)c1. The Morgan fingerprint density at radius 3 is 2.26 bits per heavy atom. The monoisotopic (exact) mass is 471 g/mol. The van der Waals surface area contributed by atoms with Crippen molar-refractivity contribution in [2.45, 2.75) is 19.3 Å². The van der Waals surface area contributed by atoms with Gasteiger partial charge in [-0.15, -0.1) is 0 Å². The van der Waals surface area contributed by atoms with Crippen molar-refractivity contribution in [2.75, 3.05) is 19.5 Å². The quantitative estimate of drug-likeness (QED) is 0.358. The van der Waals surface area contributed by atoms with Crippen LogP contribution in [0.25, 0.3) is 22.3 Å². The molecule has 0 spiro atoms. The number of nitrogens with zero attached hydrogens (tertiary/aromatic N) is 1. The van der Waals surface area contributed by atoms with Crippen LogP contribution in [0.5, 0.6) is 0 Å². The molecule has 0 saturated heterocycles. The first-order valence-corrected chi connectivity index (χ1v) is 11.1. The molecule has 0 unspecified atom stereocenters. The minimum Gasteiger partial charge on any atom is -0.465 e. The van der Waals surface area contributed by atoms with E-state index in [4.69, 9.17) is 9.47 Å². The van der Waals surface area contributed by atoms with Gasteiger partial charge in [0.1, 0.15) is 0 Å². The molecule has 0 fully saturated rings. The summed E-state index contributed by atoms with van der Waals surface area (Å²) < 4.78 is 9.48. The van der Waals surface area contributed by atoms with E-state index in [1.807, 2.05) is 36.4 Å². The first-order valence-electron chi connectivity index (χ1n) is 11.1. The van der Waals surface area contributed by atoms with Crippen molar-refractivity contribution in [1.29, 1.82) is 0 Å². The van der Waals surface area contributed by atoms with Gasteiger partial charge in [-0.2, -0.15) is 0 Å². The second-order valence-corrected chi connectivity index (χ2v) is 7.92. The molecule has 0 radical (unpaired) electrons. The number of ether oxygens (including phenoxy) is 2. The minimum atomic E-state index is -0.618. The third-order valence-corrected chi connectivity index (χ3v) is 5.62. The number of aromatic amines is 1. The fourth-order valence-corrected chi connectivity index (χ4v) is 4.01. The van der Waals surface area contributed by atoms with Crippen LogP contribution >= 0.6 is 0 Å². The van der Waals surface area contributed by atoms with E-state index in [1.165, 1.54) is 32.4 Å². The maximum Gasteiger partial charge on any atom is 0.337 e. The molecule has 2 heterocycles. The van der Waals surface area contributed by atoms with E-state index in [1.54, 1.807) is 6.20 Å². The summed E-state index contributed by atoms with van der Waals surface area (Å²) in [5.74, 6) is -1.47. The normalized spacial score (nSPS) is 10.7. The Morgan fingerprint density at radius 1 is 0.914 bits per heavy atom. The molecule has 0 saturated carbocycles. The van der Waals surface area contributed by atoms with Crippen molar-refractivity contribution < 1.29 is 23.9 Å². The van der Waals surface area contributed by atoms with Crippen LogP contribution in [0.2, 0.25) is 0 Å². The molecule has 178 valence electrons. The van der Waals surface area contributed by atoms with Gasteiger partial charge < -0.3 is 19.8 Å². The fraction of sp³-hybridized carbons (Fsp3) is 0.185. The van der Waals surface area contributed by atoms with E-state index in [0.29, 0.717) is 18.5 Å². The molecule has 2 aromatic heterocycles. The number of carbonyl (C=O) groups is 3. The second kappa shape index (κ2) is 10.6. The number of fused-ring (bicyclic) bond motifs is 1. The number of aromatic nitrogens is 2. The molecule has 1 amide bonds. The summed E-state index contributed by atoms with van der Waals surface area (Å²) in [7, 11) is 2.49. The largest absolute Gasteiger partial charge is 0.465 e. The summed E-state index contributed by atoms with van der Waals surface area (Å²) >= 11 is 0. The lowest BCUT2D eigenvalue weighted by Crippen LogP contribution is -2.14. The van der Waals surface area contributed by atoms with Crippen LogP contribution in [-0.4, -0.2) is 42.0 Å². The zero-order valence-electron chi connectivity index (χ0n) is 19.5. The first-order chi connectivity index (χ1) is 17.0. The number of benzene rings is 2. The number of pyridine rings is 1. The highest BCUT2D eigenvalue weighted by molar-refractivity contribution is 5.99. The van der Waals surface area contributed by atoms with Gasteiger partial charge in [0.05, 0.1) is 36.7 Å². The van der Waals surface area contributed by atoms with Gasteiger partial charge in [-0.05, 0) is 54.8 Å². The van der Waals surface area contributed by atoms with Gasteiger partial charge >= 0.3 is 11.9 Å². The van der Waals surface area contributed by atoms with Crippen LogP contribution in [0.1, 0.15) is 39.1 Å². The molecule has 2 N–H and O–H groups in total. The third-order valence-electron chi connectivity index (χ3n) is 5.62. The van der Waals surface area contributed by atoms with E-state index in [9.17, 15) is 14.4 Å². The number of amides is 1. The zero-order chi connectivity index (χ0) is 24.8. The molecule has 4 aromatic rings. The highest BCUT2D eigenvalue weighted by Gasteiger charge is 2.16. The highest BCUT2D eigenvalue weighted by atomic mass is 16.5. The Bertz CT molecular complexity index is 1340.